The Bertz CT molecular complexity index is 1070. The summed E-state index contributed by atoms with van der Waals surface area (Å²) in [6.07, 6.45) is 0.822. The van der Waals surface area contributed by atoms with Crippen molar-refractivity contribution in [3.63, 3.8) is 0 Å². The fraction of sp³-hybridized carbons (Fsp3) is 0.286. The van der Waals surface area contributed by atoms with Gasteiger partial charge in [-0.05, 0) is 53.9 Å². The van der Waals surface area contributed by atoms with Crippen molar-refractivity contribution in [1.29, 1.82) is 0 Å². The predicted molar refractivity (Wildman–Crippen MR) is 114 cm³/mol. The zero-order chi connectivity index (χ0) is 19.7. The quantitative estimate of drug-likeness (QED) is 0.599. The van der Waals surface area contributed by atoms with Crippen LogP contribution in [0.15, 0.2) is 58.1 Å². The maximum absolute atomic E-state index is 13.0. The van der Waals surface area contributed by atoms with Crippen molar-refractivity contribution in [3.8, 4) is 0 Å². The number of fused-ring (bicyclic) bond motifs is 1. The van der Waals surface area contributed by atoms with Crippen LogP contribution < -0.4 is 0 Å². The molecule has 0 N–H and O–H groups in total. The molecule has 146 valence electrons. The maximum atomic E-state index is 13.0. The first kappa shape index (κ1) is 19.4. The van der Waals surface area contributed by atoms with Gasteiger partial charge in [0.25, 0.3) is 0 Å². The summed E-state index contributed by atoms with van der Waals surface area (Å²) in [6, 6.07) is 12.8. The number of rotatable bonds is 5. The van der Waals surface area contributed by atoms with Gasteiger partial charge < -0.3 is 4.90 Å². The summed E-state index contributed by atoms with van der Waals surface area (Å²) < 4.78 is 25.3. The minimum absolute atomic E-state index is 0.00243. The number of carbonyl (C=O) groups is 1. The van der Waals surface area contributed by atoms with Gasteiger partial charge >= 0.3 is 0 Å². The van der Waals surface area contributed by atoms with Crippen molar-refractivity contribution in [2.24, 2.45) is 0 Å². The van der Waals surface area contributed by atoms with Gasteiger partial charge in [-0.15, -0.1) is 22.7 Å². The Kier molecular flexibility index (Phi) is 5.40. The molecule has 0 bridgehead atoms. The molecule has 0 aliphatic carbocycles. The van der Waals surface area contributed by atoms with Crippen molar-refractivity contribution < 1.29 is 13.2 Å². The molecule has 1 unspecified atom stereocenters. The smallest absolute Gasteiger partial charge is 0.224 e. The van der Waals surface area contributed by atoms with Crippen molar-refractivity contribution in [1.82, 2.24) is 4.90 Å². The van der Waals surface area contributed by atoms with Crippen LogP contribution >= 0.6 is 22.7 Å². The second-order valence-electron chi connectivity index (χ2n) is 6.94. The number of sulfone groups is 1. The molecule has 7 heteroatoms. The first-order chi connectivity index (χ1) is 13.5. The van der Waals surface area contributed by atoms with Gasteiger partial charge in [-0.2, -0.15) is 0 Å². The average molecular weight is 432 g/mol. The summed E-state index contributed by atoms with van der Waals surface area (Å²) in [4.78, 5) is 17.6. The number of hydrogen-bond acceptors (Lipinski definition) is 5. The lowest BCUT2D eigenvalue weighted by Crippen LogP contribution is -2.40. The topological polar surface area (TPSA) is 54.5 Å². The first-order valence-corrected chi connectivity index (χ1v) is 12.6. The minimum Gasteiger partial charge on any atom is -0.330 e. The standard InChI is InChI=1S/C21H21NO3S3/c1-15-4-6-16(7-5-15)28(24,25)14-10-20(23)22-11-8-18-17(9-13-27-18)21(22)19-3-2-12-26-19/h2-7,9,12-13,21H,8,10-11,14H2,1H3. The second kappa shape index (κ2) is 7.81. The molecule has 0 fully saturated rings. The summed E-state index contributed by atoms with van der Waals surface area (Å²) in [7, 11) is -3.47. The van der Waals surface area contributed by atoms with Crippen LogP contribution in [-0.4, -0.2) is 31.5 Å². The van der Waals surface area contributed by atoms with E-state index < -0.39 is 9.84 Å². The van der Waals surface area contributed by atoms with Crippen LogP contribution in [0.4, 0.5) is 0 Å². The molecular formula is C21H21NO3S3. The van der Waals surface area contributed by atoms with Crippen molar-refractivity contribution in [3.05, 3.63) is 74.1 Å². The monoisotopic (exact) mass is 431 g/mol. The van der Waals surface area contributed by atoms with Gasteiger partial charge in [-0.1, -0.05) is 23.8 Å². The Morgan fingerprint density at radius 1 is 1.11 bits per heavy atom. The zero-order valence-corrected chi connectivity index (χ0v) is 17.9. The van der Waals surface area contributed by atoms with Crippen LogP contribution in [0.5, 0.6) is 0 Å². The van der Waals surface area contributed by atoms with Gasteiger partial charge in [0.2, 0.25) is 5.91 Å². The molecule has 0 radical (unpaired) electrons. The molecule has 1 aliphatic rings. The number of carbonyl (C=O) groups excluding carboxylic acids is 1. The second-order valence-corrected chi connectivity index (χ2v) is 11.0. The third-order valence-corrected chi connectivity index (χ3v) is 8.72. The van der Waals surface area contributed by atoms with E-state index in [9.17, 15) is 13.2 Å². The molecule has 1 aromatic carbocycles. The van der Waals surface area contributed by atoms with Gasteiger partial charge in [0.05, 0.1) is 16.7 Å². The molecule has 0 saturated carbocycles. The van der Waals surface area contributed by atoms with E-state index in [1.165, 1.54) is 10.4 Å². The first-order valence-electron chi connectivity index (χ1n) is 9.14. The highest BCUT2D eigenvalue weighted by Crippen LogP contribution is 2.39. The Labute approximate surface area is 173 Å². The Hall–Kier alpha value is -1.96. The third kappa shape index (κ3) is 3.79. The zero-order valence-electron chi connectivity index (χ0n) is 15.5. The number of nitrogens with zero attached hydrogens (tertiary/aromatic N) is 1. The van der Waals surface area contributed by atoms with Gasteiger partial charge in [-0.3, -0.25) is 4.79 Å². The molecule has 0 spiro atoms. The molecule has 2 aromatic heterocycles. The van der Waals surface area contributed by atoms with E-state index in [0.29, 0.717) is 6.54 Å². The lowest BCUT2D eigenvalue weighted by Gasteiger charge is -2.35. The number of aryl methyl sites for hydroxylation is 1. The van der Waals surface area contributed by atoms with Crippen LogP contribution in [0.25, 0.3) is 0 Å². The summed E-state index contributed by atoms with van der Waals surface area (Å²) >= 11 is 3.36. The van der Waals surface area contributed by atoms with E-state index in [2.05, 4.69) is 11.4 Å². The summed E-state index contributed by atoms with van der Waals surface area (Å²) in [5.74, 6) is -0.273. The lowest BCUT2D eigenvalue weighted by atomic mass is 9.98. The van der Waals surface area contributed by atoms with Crippen LogP contribution in [0.3, 0.4) is 0 Å². The summed E-state index contributed by atoms with van der Waals surface area (Å²) in [6.45, 7) is 2.54. The van der Waals surface area contributed by atoms with E-state index >= 15 is 0 Å². The van der Waals surface area contributed by atoms with Crippen LogP contribution in [0.1, 0.15) is 33.3 Å². The molecule has 28 heavy (non-hydrogen) atoms. The highest BCUT2D eigenvalue weighted by atomic mass is 32.2. The van der Waals surface area contributed by atoms with E-state index in [-0.39, 0.29) is 29.0 Å². The number of thiophene rings is 2. The maximum Gasteiger partial charge on any atom is 0.224 e. The molecule has 4 nitrogen and oxygen atoms in total. The predicted octanol–water partition coefficient (Wildman–Crippen LogP) is 4.46. The molecule has 1 aliphatic heterocycles. The fourth-order valence-corrected chi connectivity index (χ4v) is 6.56. The number of amides is 1. The highest BCUT2D eigenvalue weighted by Gasteiger charge is 2.33. The normalized spacial score (nSPS) is 16.8. The summed E-state index contributed by atoms with van der Waals surface area (Å²) in [5, 5.41) is 4.08. The van der Waals surface area contributed by atoms with Crippen molar-refractivity contribution in [2.75, 3.05) is 12.3 Å². The van der Waals surface area contributed by atoms with Crippen LogP contribution in [-0.2, 0) is 21.1 Å². The molecule has 4 rings (SSSR count). The molecule has 1 atom stereocenters. The molecular weight excluding hydrogens is 410 g/mol. The average Bonchev–Trinajstić information content (AvgIpc) is 3.37. The highest BCUT2D eigenvalue weighted by molar-refractivity contribution is 7.91. The third-order valence-electron chi connectivity index (χ3n) is 5.06. The molecule has 3 heterocycles. The Morgan fingerprint density at radius 3 is 2.61 bits per heavy atom. The van der Waals surface area contributed by atoms with E-state index in [1.807, 2.05) is 29.3 Å². The molecule has 0 saturated heterocycles. The largest absolute Gasteiger partial charge is 0.330 e. The molecule has 3 aromatic rings. The van der Waals surface area contributed by atoms with Gasteiger partial charge in [0.1, 0.15) is 0 Å². The summed E-state index contributed by atoms with van der Waals surface area (Å²) in [5.41, 5.74) is 2.18. The number of hydrogen-bond donors (Lipinski definition) is 0. The van der Waals surface area contributed by atoms with Gasteiger partial charge in [-0.25, -0.2) is 8.42 Å². The number of benzene rings is 1. The molecule has 1 amide bonds. The van der Waals surface area contributed by atoms with Crippen molar-refractivity contribution >= 4 is 38.4 Å². The van der Waals surface area contributed by atoms with Crippen LogP contribution in [0, 0.1) is 6.92 Å². The van der Waals surface area contributed by atoms with E-state index in [4.69, 9.17) is 0 Å². The van der Waals surface area contributed by atoms with E-state index in [0.717, 1.165) is 16.9 Å². The SMILES string of the molecule is Cc1ccc(S(=O)(=O)CCC(=O)N2CCc3sccc3C2c2cccs2)cc1. The van der Waals surface area contributed by atoms with Gasteiger partial charge in [0.15, 0.2) is 9.84 Å². The Morgan fingerprint density at radius 2 is 1.89 bits per heavy atom. The minimum atomic E-state index is -3.47. The fourth-order valence-electron chi connectivity index (χ4n) is 3.57. The lowest BCUT2D eigenvalue weighted by molar-refractivity contribution is -0.132. The Balaban J connectivity index is 1.53. The van der Waals surface area contributed by atoms with Gasteiger partial charge in [0, 0.05) is 22.7 Å². The van der Waals surface area contributed by atoms with Crippen LogP contribution in [0.2, 0.25) is 0 Å². The van der Waals surface area contributed by atoms with E-state index in [1.54, 1.807) is 46.9 Å². The van der Waals surface area contributed by atoms with Crippen molar-refractivity contribution in [2.45, 2.75) is 30.7 Å².